The summed E-state index contributed by atoms with van der Waals surface area (Å²) in [5, 5.41) is 0. The molecule has 0 aliphatic carbocycles. The Morgan fingerprint density at radius 2 is 2.15 bits per heavy atom. The fourth-order valence-electron chi connectivity index (χ4n) is 1.71. The molecule has 0 radical (unpaired) electrons. The van der Waals surface area contributed by atoms with Gasteiger partial charge in [0.05, 0.1) is 11.4 Å². The highest BCUT2D eigenvalue weighted by Crippen LogP contribution is 2.29. The second-order valence-corrected chi connectivity index (χ2v) is 3.71. The van der Waals surface area contributed by atoms with Gasteiger partial charge < -0.3 is 10.6 Å². The Hall–Kier alpha value is -1.25. The lowest BCUT2D eigenvalue weighted by Gasteiger charge is -2.39. The van der Waals surface area contributed by atoms with Crippen LogP contribution in [0, 0.1) is 11.7 Å². The highest BCUT2D eigenvalue weighted by Gasteiger charge is 2.23. The Morgan fingerprint density at radius 3 is 2.69 bits per heavy atom. The molecule has 1 aliphatic rings. The van der Waals surface area contributed by atoms with Gasteiger partial charge in [-0.3, -0.25) is 0 Å². The summed E-state index contributed by atoms with van der Waals surface area (Å²) in [4.78, 5) is 2.17. The smallest absolute Gasteiger partial charge is 0.125 e. The molecule has 2 rings (SSSR count). The number of nitrogens with two attached hydrogens (primary N) is 1. The molecule has 13 heavy (non-hydrogen) atoms. The van der Waals surface area contributed by atoms with Crippen molar-refractivity contribution >= 4 is 11.4 Å². The van der Waals surface area contributed by atoms with E-state index in [1.165, 1.54) is 12.1 Å². The number of hydrogen-bond acceptors (Lipinski definition) is 2. The van der Waals surface area contributed by atoms with E-state index in [9.17, 15) is 4.39 Å². The molecule has 0 bridgehead atoms. The van der Waals surface area contributed by atoms with Crippen LogP contribution in [-0.4, -0.2) is 13.1 Å². The maximum absolute atomic E-state index is 12.7. The maximum Gasteiger partial charge on any atom is 0.125 e. The third-order valence-electron chi connectivity index (χ3n) is 2.39. The molecule has 1 saturated heterocycles. The second kappa shape index (κ2) is 2.91. The summed E-state index contributed by atoms with van der Waals surface area (Å²) < 4.78 is 12.7. The summed E-state index contributed by atoms with van der Waals surface area (Å²) in [5.74, 6) is 0.458. The molecule has 1 aliphatic heterocycles. The van der Waals surface area contributed by atoms with Crippen molar-refractivity contribution in [3.8, 4) is 0 Å². The molecule has 2 nitrogen and oxygen atoms in total. The van der Waals surface area contributed by atoms with Crippen LogP contribution in [-0.2, 0) is 0 Å². The van der Waals surface area contributed by atoms with Gasteiger partial charge in [-0.05, 0) is 24.1 Å². The molecule has 3 heteroatoms. The standard InChI is InChI=1S/C10H13FN2/c1-7-5-13(6-7)10-3-2-8(11)4-9(10)12/h2-4,7H,5-6,12H2,1H3. The predicted octanol–water partition coefficient (Wildman–Crippen LogP) is 1.86. The number of hydrogen-bond donors (Lipinski definition) is 1. The average molecular weight is 180 g/mol. The first kappa shape index (κ1) is 8.35. The van der Waals surface area contributed by atoms with Gasteiger partial charge in [-0.15, -0.1) is 0 Å². The van der Waals surface area contributed by atoms with E-state index in [0.29, 0.717) is 5.69 Å². The minimum absolute atomic E-state index is 0.269. The summed E-state index contributed by atoms with van der Waals surface area (Å²) in [5.41, 5.74) is 7.19. The first-order valence-electron chi connectivity index (χ1n) is 4.47. The molecule has 1 aromatic carbocycles. The topological polar surface area (TPSA) is 29.3 Å². The zero-order valence-electron chi connectivity index (χ0n) is 7.63. The Bertz CT molecular complexity index is 319. The molecule has 2 N–H and O–H groups in total. The fourth-order valence-corrected chi connectivity index (χ4v) is 1.71. The van der Waals surface area contributed by atoms with Crippen LogP contribution >= 0.6 is 0 Å². The summed E-state index contributed by atoms with van der Waals surface area (Å²) >= 11 is 0. The largest absolute Gasteiger partial charge is 0.397 e. The maximum atomic E-state index is 12.7. The van der Waals surface area contributed by atoms with Crippen molar-refractivity contribution in [1.82, 2.24) is 0 Å². The van der Waals surface area contributed by atoms with Gasteiger partial charge in [0.1, 0.15) is 5.82 Å². The van der Waals surface area contributed by atoms with Crippen molar-refractivity contribution in [2.75, 3.05) is 23.7 Å². The SMILES string of the molecule is CC1CN(c2ccc(F)cc2N)C1. The van der Waals surface area contributed by atoms with Crippen molar-refractivity contribution in [3.63, 3.8) is 0 Å². The van der Waals surface area contributed by atoms with Gasteiger partial charge in [0.25, 0.3) is 0 Å². The highest BCUT2D eigenvalue weighted by atomic mass is 19.1. The molecule has 1 heterocycles. The minimum Gasteiger partial charge on any atom is -0.397 e. The number of rotatable bonds is 1. The third-order valence-corrected chi connectivity index (χ3v) is 2.39. The Morgan fingerprint density at radius 1 is 1.46 bits per heavy atom. The molecule has 0 atom stereocenters. The van der Waals surface area contributed by atoms with Crippen LogP contribution in [0.25, 0.3) is 0 Å². The first-order chi connectivity index (χ1) is 6.16. The van der Waals surface area contributed by atoms with Gasteiger partial charge in [0, 0.05) is 13.1 Å². The monoisotopic (exact) mass is 180 g/mol. The molecule has 1 aromatic rings. The number of benzene rings is 1. The Labute approximate surface area is 77.2 Å². The van der Waals surface area contributed by atoms with E-state index >= 15 is 0 Å². The summed E-state index contributed by atoms with van der Waals surface area (Å²) in [6.45, 7) is 4.24. The Kier molecular flexibility index (Phi) is 1.87. The fraction of sp³-hybridized carbons (Fsp3) is 0.400. The van der Waals surface area contributed by atoms with Gasteiger partial charge in [-0.2, -0.15) is 0 Å². The average Bonchev–Trinajstić information content (AvgIpc) is 2.00. The molecule has 0 spiro atoms. The minimum atomic E-state index is -0.269. The van der Waals surface area contributed by atoms with E-state index < -0.39 is 0 Å². The molecule has 0 aromatic heterocycles. The van der Waals surface area contributed by atoms with Gasteiger partial charge in [0.2, 0.25) is 0 Å². The summed E-state index contributed by atoms with van der Waals surface area (Å²) in [6.07, 6.45) is 0. The van der Waals surface area contributed by atoms with Gasteiger partial charge in [0.15, 0.2) is 0 Å². The van der Waals surface area contributed by atoms with E-state index in [0.717, 1.165) is 24.7 Å². The van der Waals surface area contributed by atoms with Crippen molar-refractivity contribution in [3.05, 3.63) is 24.0 Å². The van der Waals surface area contributed by atoms with Gasteiger partial charge >= 0.3 is 0 Å². The van der Waals surface area contributed by atoms with Crippen LogP contribution in [0.4, 0.5) is 15.8 Å². The summed E-state index contributed by atoms with van der Waals surface area (Å²) in [6, 6.07) is 4.57. The molecule has 0 amide bonds. The lowest BCUT2D eigenvalue weighted by Crippen LogP contribution is -2.45. The number of nitrogens with zero attached hydrogens (tertiary/aromatic N) is 1. The lowest BCUT2D eigenvalue weighted by molar-refractivity contribution is 0.447. The molecular weight excluding hydrogens is 167 g/mol. The molecule has 1 fully saturated rings. The van der Waals surface area contributed by atoms with Crippen LogP contribution in [0.3, 0.4) is 0 Å². The number of anilines is 2. The number of nitrogen functional groups attached to an aromatic ring is 1. The molecular formula is C10H13FN2. The van der Waals surface area contributed by atoms with Crippen LogP contribution in [0.2, 0.25) is 0 Å². The van der Waals surface area contributed by atoms with E-state index in [2.05, 4.69) is 11.8 Å². The third kappa shape index (κ3) is 1.46. The number of halogens is 1. The van der Waals surface area contributed by atoms with Gasteiger partial charge in [-0.25, -0.2) is 4.39 Å². The second-order valence-electron chi connectivity index (χ2n) is 3.71. The normalized spacial score (nSPS) is 17.2. The van der Waals surface area contributed by atoms with Crippen LogP contribution in [0.1, 0.15) is 6.92 Å². The highest BCUT2D eigenvalue weighted by molar-refractivity contribution is 5.68. The van der Waals surface area contributed by atoms with Gasteiger partial charge in [-0.1, -0.05) is 6.92 Å². The van der Waals surface area contributed by atoms with E-state index in [4.69, 9.17) is 5.73 Å². The van der Waals surface area contributed by atoms with Crippen molar-refractivity contribution in [1.29, 1.82) is 0 Å². The quantitative estimate of drug-likeness (QED) is 0.668. The molecule has 0 saturated carbocycles. The van der Waals surface area contributed by atoms with Crippen molar-refractivity contribution in [2.24, 2.45) is 5.92 Å². The van der Waals surface area contributed by atoms with E-state index in [1.54, 1.807) is 6.07 Å². The molecule has 0 unspecified atom stereocenters. The van der Waals surface area contributed by atoms with Crippen LogP contribution in [0.5, 0.6) is 0 Å². The van der Waals surface area contributed by atoms with Crippen molar-refractivity contribution < 1.29 is 4.39 Å². The van der Waals surface area contributed by atoms with E-state index in [-0.39, 0.29) is 5.82 Å². The van der Waals surface area contributed by atoms with Crippen LogP contribution < -0.4 is 10.6 Å². The summed E-state index contributed by atoms with van der Waals surface area (Å²) in [7, 11) is 0. The molecule has 70 valence electrons. The van der Waals surface area contributed by atoms with E-state index in [1.807, 2.05) is 0 Å². The lowest BCUT2D eigenvalue weighted by atomic mass is 10.0. The van der Waals surface area contributed by atoms with Crippen molar-refractivity contribution in [2.45, 2.75) is 6.92 Å². The zero-order valence-corrected chi connectivity index (χ0v) is 7.63. The van der Waals surface area contributed by atoms with Crippen LogP contribution in [0.15, 0.2) is 18.2 Å². The first-order valence-corrected chi connectivity index (χ1v) is 4.47. The Balaban J connectivity index is 2.21. The predicted molar refractivity (Wildman–Crippen MR) is 52.2 cm³/mol. The zero-order chi connectivity index (χ0) is 9.42.